The van der Waals surface area contributed by atoms with E-state index < -0.39 is 12.0 Å². The molecule has 0 aromatic heterocycles. The van der Waals surface area contributed by atoms with Crippen LogP contribution in [0, 0.1) is 0 Å². The second-order valence-corrected chi connectivity index (χ2v) is 6.38. The molecule has 0 aliphatic carbocycles. The smallest absolute Gasteiger partial charge is 0.321 e. The van der Waals surface area contributed by atoms with Gasteiger partial charge in [-0.15, -0.1) is 0 Å². The summed E-state index contributed by atoms with van der Waals surface area (Å²) < 4.78 is 5.77. The Morgan fingerprint density at radius 1 is 0.815 bits per heavy atom. The van der Waals surface area contributed by atoms with Crippen LogP contribution in [0.1, 0.15) is 16.7 Å². The maximum absolute atomic E-state index is 11.6. The quantitative estimate of drug-likeness (QED) is 0.604. The predicted octanol–water partition coefficient (Wildman–Crippen LogP) is 4.05. The van der Waals surface area contributed by atoms with Gasteiger partial charge in [0.1, 0.15) is 18.4 Å². The first-order valence-electron chi connectivity index (χ1n) is 8.96. The lowest BCUT2D eigenvalue weighted by Crippen LogP contribution is -2.38. The highest BCUT2D eigenvalue weighted by Gasteiger charge is 2.17. The van der Waals surface area contributed by atoms with Crippen molar-refractivity contribution in [3.8, 4) is 5.75 Å². The number of ether oxygens (including phenoxy) is 1. The maximum Gasteiger partial charge on any atom is 0.321 e. The first-order valence-corrected chi connectivity index (χ1v) is 8.96. The predicted molar refractivity (Wildman–Crippen MR) is 106 cm³/mol. The van der Waals surface area contributed by atoms with Gasteiger partial charge in [0.15, 0.2) is 0 Å². The summed E-state index contributed by atoms with van der Waals surface area (Å²) in [6, 6.07) is 26.7. The molecule has 0 spiro atoms. The number of nitrogens with one attached hydrogen (secondary N) is 1. The van der Waals surface area contributed by atoms with E-state index in [4.69, 9.17) is 4.74 Å². The lowest BCUT2D eigenvalue weighted by Gasteiger charge is -2.15. The van der Waals surface area contributed by atoms with Gasteiger partial charge in [-0.3, -0.25) is 4.79 Å². The lowest BCUT2D eigenvalue weighted by atomic mass is 10.1. The van der Waals surface area contributed by atoms with Crippen LogP contribution in [0.15, 0.2) is 84.9 Å². The molecule has 4 nitrogen and oxygen atoms in total. The molecule has 0 fully saturated rings. The van der Waals surface area contributed by atoms with Crippen molar-refractivity contribution in [2.75, 3.05) is 0 Å². The molecule has 138 valence electrons. The minimum atomic E-state index is -0.852. The summed E-state index contributed by atoms with van der Waals surface area (Å²) in [5, 5.41) is 12.6. The van der Waals surface area contributed by atoms with Crippen molar-refractivity contribution in [2.45, 2.75) is 25.6 Å². The van der Waals surface area contributed by atoms with E-state index in [2.05, 4.69) is 5.32 Å². The standard InChI is InChI=1S/C23H23NO3/c25-23(26)22(24-16-19-7-3-1-4-8-19)15-18-11-13-21(14-12-18)27-17-20-9-5-2-6-10-20/h1-14,22,24H,15-17H2,(H,25,26). The van der Waals surface area contributed by atoms with Gasteiger partial charge in [-0.2, -0.15) is 0 Å². The SMILES string of the molecule is O=C(O)C(Cc1ccc(OCc2ccccc2)cc1)NCc1ccccc1. The fourth-order valence-corrected chi connectivity index (χ4v) is 2.78. The Labute approximate surface area is 159 Å². The average molecular weight is 361 g/mol. The van der Waals surface area contributed by atoms with Crippen molar-refractivity contribution in [3.63, 3.8) is 0 Å². The molecule has 27 heavy (non-hydrogen) atoms. The van der Waals surface area contributed by atoms with Gasteiger partial charge in [0.05, 0.1) is 0 Å². The fourth-order valence-electron chi connectivity index (χ4n) is 2.78. The van der Waals surface area contributed by atoms with Gasteiger partial charge in [-0.05, 0) is 35.2 Å². The molecule has 4 heteroatoms. The number of hydrogen-bond acceptors (Lipinski definition) is 3. The van der Waals surface area contributed by atoms with Gasteiger partial charge in [-0.25, -0.2) is 0 Å². The lowest BCUT2D eigenvalue weighted by molar-refractivity contribution is -0.139. The maximum atomic E-state index is 11.6. The van der Waals surface area contributed by atoms with E-state index in [1.165, 1.54) is 0 Å². The molecular formula is C23H23NO3. The number of carboxylic acid groups (broad SMARTS) is 1. The van der Waals surface area contributed by atoms with Gasteiger partial charge in [-0.1, -0.05) is 72.8 Å². The Kier molecular flexibility index (Phi) is 6.61. The summed E-state index contributed by atoms with van der Waals surface area (Å²) in [7, 11) is 0. The first kappa shape index (κ1) is 18.7. The minimum Gasteiger partial charge on any atom is -0.489 e. The molecule has 0 radical (unpaired) electrons. The third kappa shape index (κ3) is 5.97. The highest BCUT2D eigenvalue weighted by atomic mass is 16.5. The van der Waals surface area contributed by atoms with E-state index in [9.17, 15) is 9.90 Å². The molecule has 0 aliphatic heterocycles. The summed E-state index contributed by atoms with van der Waals surface area (Å²) in [5.41, 5.74) is 3.13. The van der Waals surface area contributed by atoms with Gasteiger partial charge < -0.3 is 15.2 Å². The molecule has 3 aromatic carbocycles. The van der Waals surface area contributed by atoms with Crippen LogP contribution in [0.25, 0.3) is 0 Å². The first-order chi connectivity index (χ1) is 13.2. The third-order valence-corrected chi connectivity index (χ3v) is 4.31. The van der Waals surface area contributed by atoms with Gasteiger partial charge >= 0.3 is 5.97 Å². The van der Waals surface area contributed by atoms with E-state index >= 15 is 0 Å². The molecule has 2 N–H and O–H groups in total. The molecule has 0 aliphatic rings. The van der Waals surface area contributed by atoms with E-state index in [1.807, 2.05) is 84.9 Å². The second kappa shape index (κ2) is 9.55. The molecule has 1 atom stereocenters. The van der Waals surface area contributed by atoms with Crippen LogP contribution in [0.2, 0.25) is 0 Å². The van der Waals surface area contributed by atoms with E-state index in [1.54, 1.807) is 0 Å². The van der Waals surface area contributed by atoms with Crippen LogP contribution in [-0.4, -0.2) is 17.1 Å². The zero-order valence-electron chi connectivity index (χ0n) is 15.0. The van der Waals surface area contributed by atoms with Crippen molar-refractivity contribution in [3.05, 3.63) is 102 Å². The highest BCUT2D eigenvalue weighted by Crippen LogP contribution is 2.15. The zero-order chi connectivity index (χ0) is 18.9. The van der Waals surface area contributed by atoms with Crippen molar-refractivity contribution in [1.82, 2.24) is 5.32 Å². The monoisotopic (exact) mass is 361 g/mol. The van der Waals surface area contributed by atoms with Crippen LogP contribution >= 0.6 is 0 Å². The normalized spacial score (nSPS) is 11.7. The van der Waals surface area contributed by atoms with Crippen LogP contribution in [0.4, 0.5) is 0 Å². The Bertz CT molecular complexity index is 833. The Hall–Kier alpha value is -3.11. The summed E-state index contributed by atoms with van der Waals surface area (Å²) in [6.07, 6.45) is 0.418. The van der Waals surface area contributed by atoms with Gasteiger partial charge in [0, 0.05) is 6.54 Å². The summed E-state index contributed by atoms with van der Waals surface area (Å²) in [6.45, 7) is 1.03. The van der Waals surface area contributed by atoms with Gasteiger partial charge in [0.25, 0.3) is 0 Å². The van der Waals surface area contributed by atoms with E-state index in [0.29, 0.717) is 19.6 Å². The number of rotatable bonds is 9. The topological polar surface area (TPSA) is 58.6 Å². The molecule has 0 amide bonds. The largest absolute Gasteiger partial charge is 0.489 e. The Balaban J connectivity index is 1.54. The number of carbonyl (C=O) groups is 1. The average Bonchev–Trinajstić information content (AvgIpc) is 2.72. The van der Waals surface area contributed by atoms with Crippen LogP contribution in [-0.2, 0) is 24.4 Å². The molecule has 3 aromatic rings. The number of hydrogen-bond donors (Lipinski definition) is 2. The van der Waals surface area contributed by atoms with Gasteiger partial charge in [0.2, 0.25) is 0 Å². The molecule has 0 heterocycles. The summed E-state index contributed by atoms with van der Waals surface area (Å²) in [4.78, 5) is 11.6. The van der Waals surface area contributed by atoms with Crippen molar-refractivity contribution in [1.29, 1.82) is 0 Å². The summed E-state index contributed by atoms with van der Waals surface area (Å²) >= 11 is 0. The highest BCUT2D eigenvalue weighted by molar-refractivity contribution is 5.73. The van der Waals surface area contributed by atoms with Crippen LogP contribution in [0.3, 0.4) is 0 Å². The molecule has 0 saturated carbocycles. The molecule has 3 rings (SSSR count). The molecular weight excluding hydrogens is 338 g/mol. The minimum absolute atomic E-state index is 0.418. The van der Waals surface area contributed by atoms with Crippen molar-refractivity contribution in [2.24, 2.45) is 0 Å². The van der Waals surface area contributed by atoms with E-state index in [0.717, 1.165) is 22.4 Å². The van der Waals surface area contributed by atoms with E-state index in [-0.39, 0.29) is 0 Å². The number of carboxylic acids is 1. The Morgan fingerprint density at radius 3 is 2.00 bits per heavy atom. The number of benzene rings is 3. The van der Waals surface area contributed by atoms with Crippen LogP contribution in [0.5, 0.6) is 5.75 Å². The molecule has 0 bridgehead atoms. The zero-order valence-corrected chi connectivity index (χ0v) is 15.0. The summed E-state index contributed by atoms with van der Waals surface area (Å²) in [5.74, 6) is -0.0814. The van der Waals surface area contributed by atoms with Crippen molar-refractivity contribution >= 4 is 5.97 Å². The molecule has 1 unspecified atom stereocenters. The Morgan fingerprint density at radius 2 is 1.41 bits per heavy atom. The van der Waals surface area contributed by atoms with Crippen molar-refractivity contribution < 1.29 is 14.6 Å². The van der Waals surface area contributed by atoms with Crippen LogP contribution < -0.4 is 10.1 Å². The third-order valence-electron chi connectivity index (χ3n) is 4.31. The number of aliphatic carboxylic acids is 1. The molecule has 0 saturated heterocycles. The fraction of sp³-hybridized carbons (Fsp3) is 0.174. The second-order valence-electron chi connectivity index (χ2n) is 6.38.